The molecule has 0 unspecified atom stereocenters. The fourth-order valence-electron chi connectivity index (χ4n) is 2.97. The van der Waals surface area contributed by atoms with Crippen molar-refractivity contribution in [2.75, 3.05) is 13.1 Å². The number of carbonyl (C=O) groups excluding carboxylic acids is 3. The number of nitrogens with one attached hydrogen (secondary N) is 2. The first kappa shape index (κ1) is 25.7. The average molecular weight is 456 g/mol. The van der Waals surface area contributed by atoms with Crippen molar-refractivity contribution in [1.82, 2.24) is 15.8 Å². The predicted octanol–water partition coefficient (Wildman–Crippen LogP) is 4.55. The molecule has 33 heavy (non-hydrogen) atoms. The average Bonchev–Trinajstić information content (AvgIpc) is 2.84. The van der Waals surface area contributed by atoms with Crippen LogP contribution in [0.25, 0.3) is 0 Å². The second-order valence-electron chi connectivity index (χ2n) is 7.52. The SMILES string of the molecule is CCCCCC(=O)N(CCCNC(=O)OCc1ccccc1)NC(=O)OCc1ccccc1. The molecular weight excluding hydrogens is 422 g/mol. The molecule has 8 nitrogen and oxygen atoms in total. The highest BCUT2D eigenvalue weighted by Crippen LogP contribution is 2.05. The molecule has 0 heterocycles. The molecule has 0 saturated heterocycles. The summed E-state index contributed by atoms with van der Waals surface area (Å²) in [5.74, 6) is -0.188. The smallest absolute Gasteiger partial charge is 0.426 e. The predicted molar refractivity (Wildman–Crippen MR) is 125 cm³/mol. The minimum Gasteiger partial charge on any atom is -0.445 e. The van der Waals surface area contributed by atoms with Gasteiger partial charge in [0.15, 0.2) is 0 Å². The summed E-state index contributed by atoms with van der Waals surface area (Å²) in [5, 5.41) is 3.92. The van der Waals surface area contributed by atoms with Gasteiger partial charge in [0.05, 0.1) is 0 Å². The van der Waals surface area contributed by atoms with E-state index in [0.717, 1.165) is 30.4 Å². The number of hydrazine groups is 1. The Morgan fingerprint density at radius 1 is 0.788 bits per heavy atom. The Labute approximate surface area is 195 Å². The standard InChI is InChI=1S/C25H33N3O5/c1-2-3-6-16-23(29)28(27-25(31)33-20-22-14-9-5-10-15-22)18-11-17-26-24(30)32-19-21-12-7-4-8-13-21/h4-5,7-10,12-15H,2-3,6,11,16-20H2,1H3,(H,26,30)(H,27,31). The molecule has 2 rings (SSSR count). The van der Waals surface area contributed by atoms with Gasteiger partial charge in [-0.1, -0.05) is 80.4 Å². The minimum absolute atomic E-state index is 0.110. The lowest BCUT2D eigenvalue weighted by molar-refractivity contribution is -0.134. The Hall–Kier alpha value is -3.55. The van der Waals surface area contributed by atoms with E-state index in [9.17, 15) is 14.4 Å². The zero-order valence-electron chi connectivity index (χ0n) is 19.1. The van der Waals surface area contributed by atoms with E-state index < -0.39 is 12.2 Å². The number of hydrogen-bond acceptors (Lipinski definition) is 5. The fraction of sp³-hybridized carbons (Fsp3) is 0.400. The third kappa shape index (κ3) is 11.0. The zero-order chi connectivity index (χ0) is 23.7. The van der Waals surface area contributed by atoms with Crippen LogP contribution in [0, 0.1) is 0 Å². The van der Waals surface area contributed by atoms with E-state index in [1.807, 2.05) is 60.7 Å². The maximum absolute atomic E-state index is 12.6. The summed E-state index contributed by atoms with van der Waals surface area (Å²) in [7, 11) is 0. The van der Waals surface area contributed by atoms with Gasteiger partial charge < -0.3 is 14.8 Å². The molecule has 0 spiro atoms. The fourth-order valence-corrected chi connectivity index (χ4v) is 2.97. The van der Waals surface area contributed by atoms with E-state index >= 15 is 0 Å². The molecule has 2 aromatic rings. The Balaban J connectivity index is 1.74. The van der Waals surface area contributed by atoms with Crippen LogP contribution in [0.15, 0.2) is 60.7 Å². The lowest BCUT2D eigenvalue weighted by Crippen LogP contribution is -2.47. The van der Waals surface area contributed by atoms with Gasteiger partial charge >= 0.3 is 12.2 Å². The number of benzene rings is 2. The quantitative estimate of drug-likeness (QED) is 0.361. The summed E-state index contributed by atoms with van der Waals surface area (Å²) in [6.45, 7) is 2.89. The number of alkyl carbamates (subject to hydrolysis) is 1. The number of hydrogen-bond donors (Lipinski definition) is 2. The van der Waals surface area contributed by atoms with Crippen LogP contribution in [0.1, 0.15) is 50.2 Å². The number of rotatable bonds is 12. The molecule has 0 bridgehead atoms. The summed E-state index contributed by atoms with van der Waals surface area (Å²) in [5.41, 5.74) is 4.28. The van der Waals surface area contributed by atoms with Crippen molar-refractivity contribution in [3.8, 4) is 0 Å². The van der Waals surface area contributed by atoms with Crippen LogP contribution in [0.4, 0.5) is 9.59 Å². The van der Waals surface area contributed by atoms with Crippen LogP contribution in [0.3, 0.4) is 0 Å². The molecule has 3 amide bonds. The van der Waals surface area contributed by atoms with Gasteiger partial charge in [-0.15, -0.1) is 0 Å². The highest BCUT2D eigenvalue weighted by atomic mass is 16.6. The van der Waals surface area contributed by atoms with Crippen molar-refractivity contribution >= 4 is 18.1 Å². The first-order valence-electron chi connectivity index (χ1n) is 11.3. The second-order valence-corrected chi connectivity index (χ2v) is 7.52. The lowest BCUT2D eigenvalue weighted by atomic mass is 10.2. The van der Waals surface area contributed by atoms with E-state index in [2.05, 4.69) is 17.7 Å². The Morgan fingerprint density at radius 3 is 1.94 bits per heavy atom. The molecule has 0 fully saturated rings. The molecule has 8 heteroatoms. The minimum atomic E-state index is -0.696. The van der Waals surface area contributed by atoms with Gasteiger partial charge in [-0.25, -0.2) is 15.0 Å². The first-order valence-corrected chi connectivity index (χ1v) is 11.3. The molecule has 178 valence electrons. The molecule has 0 aromatic heterocycles. The van der Waals surface area contributed by atoms with Gasteiger partial charge in [0, 0.05) is 19.5 Å². The van der Waals surface area contributed by atoms with Crippen molar-refractivity contribution in [1.29, 1.82) is 0 Å². The summed E-state index contributed by atoms with van der Waals surface area (Å²) in [4.78, 5) is 36.6. The van der Waals surface area contributed by atoms with Crippen LogP contribution in [-0.2, 0) is 27.5 Å². The largest absolute Gasteiger partial charge is 0.445 e. The van der Waals surface area contributed by atoms with Gasteiger partial charge in [0.25, 0.3) is 0 Å². The summed E-state index contributed by atoms with van der Waals surface area (Å²) in [6.07, 6.45) is 2.23. The van der Waals surface area contributed by atoms with Gasteiger partial charge in [-0.05, 0) is 24.0 Å². The lowest BCUT2D eigenvalue weighted by Gasteiger charge is -2.23. The van der Waals surface area contributed by atoms with E-state index in [1.165, 1.54) is 5.01 Å². The van der Waals surface area contributed by atoms with Crippen LogP contribution >= 0.6 is 0 Å². The maximum atomic E-state index is 12.6. The number of unbranched alkanes of at least 4 members (excludes halogenated alkanes) is 2. The van der Waals surface area contributed by atoms with Crippen LogP contribution < -0.4 is 10.7 Å². The van der Waals surface area contributed by atoms with Crippen molar-refractivity contribution in [2.45, 2.75) is 52.2 Å². The van der Waals surface area contributed by atoms with E-state index in [-0.39, 0.29) is 25.7 Å². The topological polar surface area (TPSA) is 97.0 Å². The van der Waals surface area contributed by atoms with Crippen LogP contribution in [0.2, 0.25) is 0 Å². The van der Waals surface area contributed by atoms with Crippen molar-refractivity contribution in [2.24, 2.45) is 0 Å². The number of nitrogens with zero attached hydrogens (tertiary/aromatic N) is 1. The highest BCUT2D eigenvalue weighted by Gasteiger charge is 2.17. The van der Waals surface area contributed by atoms with E-state index in [1.54, 1.807) is 0 Å². The van der Waals surface area contributed by atoms with Gasteiger partial charge in [0.2, 0.25) is 5.91 Å². The van der Waals surface area contributed by atoms with Gasteiger partial charge in [-0.3, -0.25) is 9.80 Å². The second kappa shape index (κ2) is 15.3. The van der Waals surface area contributed by atoms with E-state index in [0.29, 0.717) is 19.4 Å². The molecule has 0 saturated carbocycles. The highest BCUT2D eigenvalue weighted by molar-refractivity contribution is 5.79. The number of ether oxygens (including phenoxy) is 2. The zero-order valence-corrected chi connectivity index (χ0v) is 19.1. The van der Waals surface area contributed by atoms with Crippen molar-refractivity contribution in [3.05, 3.63) is 71.8 Å². The third-order valence-electron chi connectivity index (χ3n) is 4.77. The number of amides is 3. The molecule has 2 N–H and O–H groups in total. The van der Waals surface area contributed by atoms with E-state index in [4.69, 9.17) is 9.47 Å². The summed E-state index contributed by atoms with van der Waals surface area (Å²) < 4.78 is 10.4. The molecule has 2 aromatic carbocycles. The first-order chi connectivity index (χ1) is 16.1. The Kier molecular flexibility index (Phi) is 11.9. The van der Waals surface area contributed by atoms with Gasteiger partial charge in [0.1, 0.15) is 13.2 Å². The van der Waals surface area contributed by atoms with Crippen LogP contribution in [-0.4, -0.2) is 36.2 Å². The molecule has 0 aliphatic rings. The third-order valence-corrected chi connectivity index (χ3v) is 4.77. The van der Waals surface area contributed by atoms with Crippen LogP contribution in [0.5, 0.6) is 0 Å². The summed E-state index contributed by atoms with van der Waals surface area (Å²) >= 11 is 0. The molecular formula is C25H33N3O5. The van der Waals surface area contributed by atoms with Crippen molar-refractivity contribution < 1.29 is 23.9 Å². The molecule has 0 aliphatic heterocycles. The molecule has 0 radical (unpaired) electrons. The van der Waals surface area contributed by atoms with Gasteiger partial charge in [-0.2, -0.15) is 0 Å². The normalized spacial score (nSPS) is 10.2. The molecule has 0 aliphatic carbocycles. The van der Waals surface area contributed by atoms with Crippen molar-refractivity contribution in [3.63, 3.8) is 0 Å². The Morgan fingerprint density at radius 2 is 1.36 bits per heavy atom. The summed E-state index contributed by atoms with van der Waals surface area (Å²) in [6, 6.07) is 18.7. The Bertz CT molecular complexity index is 846. The molecule has 0 atom stereocenters. The monoisotopic (exact) mass is 455 g/mol. The maximum Gasteiger partial charge on any atom is 0.426 e. The number of carbonyl (C=O) groups is 3.